The smallest absolute Gasteiger partial charge is 0.242 e. The van der Waals surface area contributed by atoms with Gasteiger partial charge in [-0.25, -0.2) is 17.5 Å². The zero-order chi connectivity index (χ0) is 14.9. The molecule has 0 aliphatic heterocycles. The summed E-state index contributed by atoms with van der Waals surface area (Å²) in [6.07, 6.45) is 3.50. The molecule has 1 aromatic rings. The van der Waals surface area contributed by atoms with Crippen molar-refractivity contribution in [2.24, 2.45) is 0 Å². The second-order valence-electron chi connectivity index (χ2n) is 4.92. The molecule has 0 bridgehead atoms. The van der Waals surface area contributed by atoms with Crippen molar-refractivity contribution in [3.8, 4) is 0 Å². The van der Waals surface area contributed by atoms with Crippen molar-refractivity contribution in [1.82, 2.24) is 4.72 Å². The van der Waals surface area contributed by atoms with Gasteiger partial charge in [0.25, 0.3) is 0 Å². The highest BCUT2D eigenvalue weighted by molar-refractivity contribution is 7.89. The maximum absolute atomic E-state index is 13.6. The number of hydrogen-bond donors (Lipinski definition) is 1. The summed E-state index contributed by atoms with van der Waals surface area (Å²) in [6, 6.07) is 1.74. The van der Waals surface area contributed by atoms with Gasteiger partial charge in [-0.3, -0.25) is 4.79 Å². The number of Topliss-reactive ketones (excluding diaryl/α,β-unsaturated/α-hetero) is 1. The highest BCUT2D eigenvalue weighted by Gasteiger charge is 2.26. The number of carbonyl (C=O) groups is 1. The van der Waals surface area contributed by atoms with Crippen LogP contribution in [0, 0.1) is 5.82 Å². The van der Waals surface area contributed by atoms with Crippen molar-refractivity contribution in [1.29, 1.82) is 0 Å². The molecule has 4 nitrogen and oxygen atoms in total. The quantitative estimate of drug-likeness (QED) is 0.868. The molecule has 0 amide bonds. The van der Waals surface area contributed by atoms with Crippen LogP contribution in [0.1, 0.15) is 43.0 Å². The molecule has 0 unspecified atom stereocenters. The van der Waals surface area contributed by atoms with E-state index in [-0.39, 0.29) is 21.5 Å². The Labute approximate surface area is 122 Å². The summed E-state index contributed by atoms with van der Waals surface area (Å²) in [6.45, 7) is 1.17. The van der Waals surface area contributed by atoms with Crippen LogP contribution in [0.3, 0.4) is 0 Å². The van der Waals surface area contributed by atoms with Gasteiger partial charge in [-0.1, -0.05) is 24.4 Å². The van der Waals surface area contributed by atoms with E-state index >= 15 is 0 Å². The van der Waals surface area contributed by atoms with Crippen LogP contribution >= 0.6 is 11.6 Å². The maximum Gasteiger partial charge on any atom is 0.242 e. The van der Waals surface area contributed by atoms with E-state index in [9.17, 15) is 17.6 Å². The Balaban J connectivity index is 2.40. The second-order valence-corrected chi connectivity index (χ2v) is 7.01. The first-order chi connectivity index (χ1) is 9.31. The highest BCUT2D eigenvalue weighted by atomic mass is 35.5. The van der Waals surface area contributed by atoms with E-state index in [0.717, 1.165) is 37.8 Å². The molecule has 0 spiro atoms. The number of ketones is 1. The standard InChI is InChI=1S/C13H15ClFNO3S/c1-8(17)10-6-13(11(14)7-12(10)15)20(18,19)16-9-4-2-3-5-9/h6-7,9,16H,2-5H2,1H3. The summed E-state index contributed by atoms with van der Waals surface area (Å²) in [7, 11) is -3.85. The van der Waals surface area contributed by atoms with E-state index < -0.39 is 21.6 Å². The molecule has 1 aliphatic carbocycles. The van der Waals surface area contributed by atoms with Gasteiger partial charge in [0.2, 0.25) is 10.0 Å². The summed E-state index contributed by atoms with van der Waals surface area (Å²) in [4.78, 5) is 11.1. The monoisotopic (exact) mass is 319 g/mol. The zero-order valence-corrected chi connectivity index (χ0v) is 12.5. The maximum atomic E-state index is 13.6. The summed E-state index contributed by atoms with van der Waals surface area (Å²) in [5.41, 5.74) is -0.277. The number of sulfonamides is 1. The third kappa shape index (κ3) is 3.19. The van der Waals surface area contributed by atoms with Gasteiger partial charge in [0.1, 0.15) is 10.7 Å². The van der Waals surface area contributed by atoms with Crippen molar-refractivity contribution in [2.75, 3.05) is 0 Å². The summed E-state index contributed by atoms with van der Waals surface area (Å²) in [5.74, 6) is -1.36. The predicted molar refractivity (Wildman–Crippen MR) is 74.0 cm³/mol. The minimum absolute atomic E-state index is 0.123. The fourth-order valence-electron chi connectivity index (χ4n) is 2.33. The molecule has 2 rings (SSSR count). The molecule has 20 heavy (non-hydrogen) atoms. The normalized spacial score (nSPS) is 16.6. The number of rotatable bonds is 4. The fraction of sp³-hybridized carbons (Fsp3) is 0.462. The van der Waals surface area contributed by atoms with Gasteiger partial charge >= 0.3 is 0 Å². The third-order valence-corrected chi connectivity index (χ3v) is 5.35. The third-order valence-electron chi connectivity index (χ3n) is 3.37. The topological polar surface area (TPSA) is 63.2 Å². The average molecular weight is 320 g/mol. The largest absolute Gasteiger partial charge is 0.294 e. The van der Waals surface area contributed by atoms with Gasteiger partial charge in [0, 0.05) is 6.04 Å². The van der Waals surface area contributed by atoms with E-state index in [1.54, 1.807) is 0 Å². The first kappa shape index (κ1) is 15.4. The molecule has 7 heteroatoms. The lowest BCUT2D eigenvalue weighted by molar-refractivity contribution is 0.101. The van der Waals surface area contributed by atoms with Gasteiger partial charge in [-0.05, 0) is 31.9 Å². The Morgan fingerprint density at radius 1 is 1.35 bits per heavy atom. The van der Waals surface area contributed by atoms with E-state index in [0.29, 0.717) is 0 Å². The number of carbonyl (C=O) groups excluding carboxylic acids is 1. The molecule has 0 aromatic heterocycles. The molecule has 1 N–H and O–H groups in total. The van der Waals surface area contributed by atoms with Gasteiger partial charge in [0.15, 0.2) is 5.78 Å². The van der Waals surface area contributed by atoms with Crippen molar-refractivity contribution in [3.05, 3.63) is 28.5 Å². The molecule has 1 aromatic carbocycles. The van der Waals surface area contributed by atoms with Crippen LogP contribution in [-0.4, -0.2) is 20.2 Å². The van der Waals surface area contributed by atoms with Crippen LogP contribution in [-0.2, 0) is 10.0 Å². The Bertz CT molecular complexity index is 639. The lowest BCUT2D eigenvalue weighted by Gasteiger charge is -2.14. The van der Waals surface area contributed by atoms with Crippen molar-refractivity contribution in [2.45, 2.75) is 43.5 Å². The second kappa shape index (κ2) is 5.79. The van der Waals surface area contributed by atoms with Crippen LogP contribution in [0.25, 0.3) is 0 Å². The number of benzene rings is 1. The first-order valence-electron chi connectivity index (χ1n) is 6.33. The van der Waals surface area contributed by atoms with Crippen LogP contribution in [0.2, 0.25) is 5.02 Å². The fourth-order valence-corrected chi connectivity index (χ4v) is 4.18. The zero-order valence-electron chi connectivity index (χ0n) is 10.9. The summed E-state index contributed by atoms with van der Waals surface area (Å²) >= 11 is 5.81. The van der Waals surface area contributed by atoms with Crippen molar-refractivity contribution < 1.29 is 17.6 Å². The molecular weight excluding hydrogens is 305 g/mol. The Morgan fingerprint density at radius 2 is 1.95 bits per heavy atom. The van der Waals surface area contributed by atoms with Gasteiger partial charge in [0.05, 0.1) is 10.6 Å². The van der Waals surface area contributed by atoms with E-state index in [4.69, 9.17) is 11.6 Å². The molecule has 1 aliphatic rings. The molecule has 1 saturated carbocycles. The number of nitrogens with one attached hydrogen (secondary N) is 1. The lowest BCUT2D eigenvalue weighted by Crippen LogP contribution is -2.33. The Kier molecular flexibility index (Phi) is 4.46. The molecule has 0 heterocycles. The molecular formula is C13H15ClFNO3S. The summed E-state index contributed by atoms with van der Waals surface area (Å²) in [5, 5.41) is -0.224. The van der Waals surface area contributed by atoms with E-state index in [1.807, 2.05) is 0 Å². The van der Waals surface area contributed by atoms with Crippen molar-refractivity contribution >= 4 is 27.4 Å². The Morgan fingerprint density at radius 3 is 2.50 bits per heavy atom. The van der Waals surface area contributed by atoms with Crippen LogP contribution in [0.4, 0.5) is 4.39 Å². The Hall–Kier alpha value is -0.980. The minimum atomic E-state index is -3.85. The van der Waals surface area contributed by atoms with Crippen molar-refractivity contribution in [3.63, 3.8) is 0 Å². The minimum Gasteiger partial charge on any atom is -0.294 e. The van der Waals surface area contributed by atoms with E-state index in [1.165, 1.54) is 6.92 Å². The number of hydrogen-bond acceptors (Lipinski definition) is 3. The molecule has 0 radical (unpaired) electrons. The van der Waals surface area contributed by atoms with Gasteiger partial charge in [-0.2, -0.15) is 0 Å². The summed E-state index contributed by atoms with van der Waals surface area (Å²) < 4.78 is 40.6. The average Bonchev–Trinajstić information content (AvgIpc) is 2.79. The highest BCUT2D eigenvalue weighted by Crippen LogP contribution is 2.27. The molecule has 1 fully saturated rings. The predicted octanol–water partition coefficient (Wildman–Crippen LogP) is 2.90. The molecule has 0 atom stereocenters. The van der Waals surface area contributed by atoms with Crippen LogP contribution in [0.5, 0.6) is 0 Å². The molecule has 110 valence electrons. The van der Waals surface area contributed by atoms with Gasteiger partial charge < -0.3 is 0 Å². The van der Waals surface area contributed by atoms with E-state index in [2.05, 4.69) is 4.72 Å². The molecule has 0 saturated heterocycles. The SMILES string of the molecule is CC(=O)c1cc(S(=O)(=O)NC2CCCC2)c(Cl)cc1F. The van der Waals surface area contributed by atoms with Crippen LogP contribution < -0.4 is 4.72 Å². The first-order valence-corrected chi connectivity index (χ1v) is 8.19. The number of halogens is 2. The van der Waals surface area contributed by atoms with Crippen LogP contribution in [0.15, 0.2) is 17.0 Å². The van der Waals surface area contributed by atoms with Gasteiger partial charge in [-0.15, -0.1) is 0 Å². The lowest BCUT2D eigenvalue weighted by atomic mass is 10.1.